The summed E-state index contributed by atoms with van der Waals surface area (Å²) < 4.78 is 0. The largest absolute Gasteiger partial charge is 0.0651 e. The summed E-state index contributed by atoms with van der Waals surface area (Å²) in [5.41, 5.74) is 0.505. The van der Waals surface area contributed by atoms with E-state index in [1.165, 1.54) is 12.8 Å². The van der Waals surface area contributed by atoms with E-state index in [-0.39, 0.29) is 0 Å². The van der Waals surface area contributed by atoms with Crippen molar-refractivity contribution in [3.63, 3.8) is 0 Å². The van der Waals surface area contributed by atoms with Gasteiger partial charge < -0.3 is 0 Å². The van der Waals surface area contributed by atoms with Gasteiger partial charge in [0.15, 0.2) is 0 Å². The van der Waals surface area contributed by atoms with Crippen LogP contribution in [0.2, 0.25) is 0 Å². The lowest BCUT2D eigenvalue weighted by atomic mass is 9.71. The van der Waals surface area contributed by atoms with Crippen molar-refractivity contribution in [1.82, 2.24) is 0 Å². The second kappa shape index (κ2) is 5.02. The summed E-state index contributed by atoms with van der Waals surface area (Å²) in [6, 6.07) is 0. The highest BCUT2D eigenvalue weighted by atomic mass is 14.3. The summed E-state index contributed by atoms with van der Waals surface area (Å²) >= 11 is 0. The Kier molecular flexibility index (Phi) is 5.02. The summed E-state index contributed by atoms with van der Waals surface area (Å²) in [6.45, 7) is 16.5. The topological polar surface area (TPSA) is 0 Å². The monoisotopic (exact) mass is 184 g/mol. The van der Waals surface area contributed by atoms with Crippen LogP contribution in [0.3, 0.4) is 0 Å². The molecule has 0 aromatic heterocycles. The van der Waals surface area contributed by atoms with Gasteiger partial charge >= 0.3 is 0 Å². The summed E-state index contributed by atoms with van der Waals surface area (Å²) in [5.74, 6) is 2.53. The van der Waals surface area contributed by atoms with Crippen molar-refractivity contribution in [1.29, 1.82) is 0 Å². The van der Waals surface area contributed by atoms with E-state index in [0.29, 0.717) is 5.41 Å². The first-order valence-corrected chi connectivity index (χ1v) is 5.81. The molecule has 13 heavy (non-hydrogen) atoms. The van der Waals surface area contributed by atoms with Crippen LogP contribution in [-0.2, 0) is 0 Å². The number of hydrogen-bond donors (Lipinski definition) is 0. The molecular formula is C13H28. The fourth-order valence-corrected chi connectivity index (χ4v) is 1.76. The van der Waals surface area contributed by atoms with Crippen molar-refractivity contribution in [2.75, 3.05) is 0 Å². The third-order valence-electron chi connectivity index (χ3n) is 3.82. The molecule has 0 nitrogen and oxygen atoms in total. The van der Waals surface area contributed by atoms with Gasteiger partial charge in [-0.25, -0.2) is 0 Å². The van der Waals surface area contributed by atoms with Gasteiger partial charge in [-0.2, -0.15) is 0 Å². The lowest BCUT2D eigenvalue weighted by Crippen LogP contribution is -2.25. The minimum Gasteiger partial charge on any atom is -0.0651 e. The molecule has 0 heterocycles. The van der Waals surface area contributed by atoms with E-state index >= 15 is 0 Å². The summed E-state index contributed by atoms with van der Waals surface area (Å²) in [5, 5.41) is 0. The molecule has 0 radical (unpaired) electrons. The third kappa shape index (κ3) is 4.15. The average Bonchev–Trinajstić information content (AvgIpc) is 1.99. The van der Waals surface area contributed by atoms with E-state index in [9.17, 15) is 0 Å². The highest BCUT2D eigenvalue weighted by molar-refractivity contribution is 4.77. The van der Waals surface area contributed by atoms with Crippen molar-refractivity contribution in [2.24, 2.45) is 23.2 Å². The zero-order valence-electron chi connectivity index (χ0n) is 10.6. The molecule has 0 aliphatic carbocycles. The zero-order chi connectivity index (χ0) is 10.6. The second-order valence-electron chi connectivity index (χ2n) is 5.76. The summed E-state index contributed by atoms with van der Waals surface area (Å²) in [4.78, 5) is 0. The van der Waals surface area contributed by atoms with Crippen molar-refractivity contribution < 1.29 is 0 Å². The van der Waals surface area contributed by atoms with Crippen LogP contribution in [-0.4, -0.2) is 0 Å². The highest BCUT2D eigenvalue weighted by Gasteiger charge is 2.26. The predicted octanol–water partition coefficient (Wildman–Crippen LogP) is 4.74. The smallest absolute Gasteiger partial charge is 0.0328 e. The Hall–Kier alpha value is 0. The Morgan fingerprint density at radius 3 is 1.69 bits per heavy atom. The SMILES string of the molecule is CCC(CC(C)(C)C(C)C)C(C)C. The molecule has 1 unspecified atom stereocenters. The highest BCUT2D eigenvalue weighted by Crippen LogP contribution is 2.36. The molecule has 0 aliphatic rings. The zero-order valence-corrected chi connectivity index (χ0v) is 10.6. The van der Waals surface area contributed by atoms with Crippen molar-refractivity contribution in [3.8, 4) is 0 Å². The van der Waals surface area contributed by atoms with Gasteiger partial charge in [-0.15, -0.1) is 0 Å². The average molecular weight is 184 g/mol. The first-order chi connectivity index (χ1) is 5.81. The first kappa shape index (κ1) is 13.0. The van der Waals surface area contributed by atoms with Crippen LogP contribution < -0.4 is 0 Å². The molecule has 0 N–H and O–H groups in total. The molecule has 0 aliphatic heterocycles. The molecule has 0 saturated carbocycles. The van der Waals surface area contributed by atoms with Gasteiger partial charge in [-0.3, -0.25) is 0 Å². The van der Waals surface area contributed by atoms with E-state index in [0.717, 1.165) is 17.8 Å². The van der Waals surface area contributed by atoms with Crippen molar-refractivity contribution in [2.45, 2.75) is 61.3 Å². The van der Waals surface area contributed by atoms with Gasteiger partial charge in [0.1, 0.15) is 0 Å². The Labute approximate surface area is 85.1 Å². The second-order valence-corrected chi connectivity index (χ2v) is 5.76. The number of hydrogen-bond acceptors (Lipinski definition) is 0. The molecule has 0 amide bonds. The molecule has 0 rings (SSSR count). The summed E-state index contributed by atoms with van der Waals surface area (Å²) in [7, 11) is 0. The maximum Gasteiger partial charge on any atom is -0.0328 e. The fraction of sp³-hybridized carbons (Fsp3) is 1.00. The van der Waals surface area contributed by atoms with Crippen LogP contribution >= 0.6 is 0 Å². The maximum absolute atomic E-state index is 2.41. The lowest BCUT2D eigenvalue weighted by molar-refractivity contribution is 0.160. The molecule has 1 atom stereocenters. The minimum absolute atomic E-state index is 0.505. The molecule has 0 bridgehead atoms. The quantitative estimate of drug-likeness (QED) is 0.579. The predicted molar refractivity (Wildman–Crippen MR) is 61.9 cm³/mol. The standard InChI is InChI=1S/C13H28/c1-8-12(10(2)3)9-13(6,7)11(4)5/h10-12H,8-9H2,1-7H3. The molecule has 0 spiro atoms. The van der Waals surface area contributed by atoms with Crippen LogP contribution in [0.4, 0.5) is 0 Å². The Morgan fingerprint density at radius 1 is 1.00 bits per heavy atom. The first-order valence-electron chi connectivity index (χ1n) is 5.81. The van der Waals surface area contributed by atoms with Crippen molar-refractivity contribution in [3.05, 3.63) is 0 Å². The van der Waals surface area contributed by atoms with Crippen LogP contribution in [0, 0.1) is 23.2 Å². The lowest BCUT2D eigenvalue weighted by Gasteiger charge is -2.34. The van der Waals surface area contributed by atoms with E-state index in [4.69, 9.17) is 0 Å². The molecular weight excluding hydrogens is 156 g/mol. The Morgan fingerprint density at radius 2 is 1.46 bits per heavy atom. The van der Waals surface area contributed by atoms with E-state index in [1.807, 2.05) is 0 Å². The van der Waals surface area contributed by atoms with E-state index in [2.05, 4.69) is 48.5 Å². The Bertz CT molecular complexity index is 131. The molecule has 0 saturated heterocycles. The third-order valence-corrected chi connectivity index (χ3v) is 3.82. The summed E-state index contributed by atoms with van der Waals surface area (Å²) in [6.07, 6.45) is 2.70. The number of rotatable bonds is 5. The van der Waals surface area contributed by atoms with E-state index < -0.39 is 0 Å². The van der Waals surface area contributed by atoms with Crippen LogP contribution in [0.15, 0.2) is 0 Å². The van der Waals surface area contributed by atoms with Crippen LogP contribution in [0.5, 0.6) is 0 Å². The van der Waals surface area contributed by atoms with Gasteiger partial charge in [0.2, 0.25) is 0 Å². The fourth-order valence-electron chi connectivity index (χ4n) is 1.76. The molecule has 0 heteroatoms. The molecule has 0 aromatic carbocycles. The molecule has 80 valence electrons. The van der Waals surface area contributed by atoms with Crippen molar-refractivity contribution >= 4 is 0 Å². The van der Waals surface area contributed by atoms with Gasteiger partial charge in [0.25, 0.3) is 0 Å². The van der Waals surface area contributed by atoms with E-state index in [1.54, 1.807) is 0 Å². The van der Waals surface area contributed by atoms with Gasteiger partial charge in [0, 0.05) is 0 Å². The normalized spacial score (nSPS) is 15.5. The minimum atomic E-state index is 0.505. The van der Waals surface area contributed by atoms with Gasteiger partial charge in [-0.1, -0.05) is 54.9 Å². The molecule has 0 fully saturated rings. The maximum atomic E-state index is 2.41. The molecule has 0 aromatic rings. The van der Waals surface area contributed by atoms with Gasteiger partial charge in [-0.05, 0) is 29.6 Å². The Balaban J connectivity index is 4.22. The van der Waals surface area contributed by atoms with Crippen LogP contribution in [0.25, 0.3) is 0 Å². The van der Waals surface area contributed by atoms with Gasteiger partial charge in [0.05, 0.1) is 0 Å². The van der Waals surface area contributed by atoms with Crippen LogP contribution in [0.1, 0.15) is 61.3 Å².